The number of aromatic nitrogens is 2. The number of thioether (sulfide) groups is 1. The van der Waals surface area contributed by atoms with Crippen LogP contribution < -0.4 is 10.6 Å². The van der Waals surface area contributed by atoms with Gasteiger partial charge >= 0.3 is 0 Å². The number of fused-ring (bicyclic) bond motifs is 2. The second-order valence-corrected chi connectivity index (χ2v) is 6.79. The maximum Gasteiger partial charge on any atom is 0.203 e. The summed E-state index contributed by atoms with van der Waals surface area (Å²) in [6.07, 6.45) is 8.42. The minimum absolute atomic E-state index is 0.535. The largest absolute Gasteiger partial charge is 0.360 e. The Morgan fingerprint density at radius 3 is 3.20 bits per heavy atom. The molecule has 0 spiro atoms. The van der Waals surface area contributed by atoms with Gasteiger partial charge in [0.15, 0.2) is 5.17 Å². The van der Waals surface area contributed by atoms with E-state index in [1.165, 1.54) is 37.8 Å². The first kappa shape index (κ1) is 12.6. The highest BCUT2D eigenvalue weighted by molar-refractivity contribution is 8.13. The fourth-order valence-corrected chi connectivity index (χ4v) is 4.32. The van der Waals surface area contributed by atoms with E-state index in [9.17, 15) is 0 Å². The van der Waals surface area contributed by atoms with Gasteiger partial charge in [-0.1, -0.05) is 24.6 Å². The van der Waals surface area contributed by atoms with Gasteiger partial charge in [-0.25, -0.2) is 4.98 Å². The van der Waals surface area contributed by atoms with Crippen molar-refractivity contribution >= 4 is 22.9 Å². The number of imidazole rings is 1. The first-order valence-electron chi connectivity index (χ1n) is 7.65. The van der Waals surface area contributed by atoms with Crippen molar-refractivity contribution in [2.45, 2.75) is 56.5 Å². The third kappa shape index (κ3) is 2.30. The summed E-state index contributed by atoms with van der Waals surface area (Å²) in [5.74, 6) is 1.99. The number of nitrogens with zero attached hydrogens (tertiary/aromatic N) is 3. The number of anilines is 1. The summed E-state index contributed by atoms with van der Waals surface area (Å²) in [7, 11) is 0. The lowest BCUT2D eigenvalue weighted by Gasteiger charge is -2.23. The molecule has 0 aromatic carbocycles. The molecular formula is C14H21N5S. The highest BCUT2D eigenvalue weighted by Gasteiger charge is 2.30. The summed E-state index contributed by atoms with van der Waals surface area (Å²) in [4.78, 5) is 9.30. The van der Waals surface area contributed by atoms with E-state index in [1.807, 2.05) is 18.0 Å². The summed E-state index contributed by atoms with van der Waals surface area (Å²) in [5, 5.41) is 8.09. The number of rotatable bonds is 2. The molecule has 3 heterocycles. The van der Waals surface area contributed by atoms with Gasteiger partial charge in [0, 0.05) is 24.5 Å². The Balaban J connectivity index is 1.40. The van der Waals surface area contributed by atoms with Crippen molar-refractivity contribution in [1.82, 2.24) is 14.9 Å². The van der Waals surface area contributed by atoms with Crippen LogP contribution in [0.2, 0.25) is 0 Å². The summed E-state index contributed by atoms with van der Waals surface area (Å²) in [5.41, 5.74) is 1.30. The molecule has 1 aromatic heterocycles. The standard InChI is InChI=1S/C14H21N5S/c1-2-5-12-11(4-1)17-14(18-12)20-9-10-8-16-13-15-6-3-7-19(10)13/h8,11-12H,1-7,9H2,(H,15,16)(H,17,18)/t11-,12-/m1/s1. The summed E-state index contributed by atoms with van der Waals surface area (Å²) < 4.78 is 2.30. The van der Waals surface area contributed by atoms with Crippen LogP contribution in [0, 0.1) is 0 Å². The average Bonchev–Trinajstić information content (AvgIpc) is 3.08. The molecule has 0 unspecified atom stereocenters. The van der Waals surface area contributed by atoms with Crippen molar-refractivity contribution in [3.63, 3.8) is 0 Å². The van der Waals surface area contributed by atoms with E-state index < -0.39 is 0 Å². The van der Waals surface area contributed by atoms with Gasteiger partial charge in [-0.05, 0) is 19.3 Å². The zero-order valence-corrected chi connectivity index (χ0v) is 12.5. The Morgan fingerprint density at radius 2 is 2.25 bits per heavy atom. The molecule has 2 N–H and O–H groups in total. The lowest BCUT2D eigenvalue weighted by atomic mass is 9.92. The van der Waals surface area contributed by atoms with Crippen molar-refractivity contribution in [3.8, 4) is 0 Å². The molecule has 0 saturated heterocycles. The van der Waals surface area contributed by atoms with Crippen molar-refractivity contribution in [3.05, 3.63) is 11.9 Å². The van der Waals surface area contributed by atoms with E-state index in [2.05, 4.69) is 20.2 Å². The first-order valence-corrected chi connectivity index (χ1v) is 8.64. The van der Waals surface area contributed by atoms with Crippen molar-refractivity contribution < 1.29 is 0 Å². The number of aliphatic imine (C=N–C) groups is 1. The Bertz CT molecular complexity index is 524. The Hall–Kier alpha value is -1.17. The minimum atomic E-state index is 0.535. The highest BCUT2D eigenvalue weighted by atomic mass is 32.2. The lowest BCUT2D eigenvalue weighted by molar-refractivity contribution is 0.385. The molecule has 20 heavy (non-hydrogen) atoms. The fourth-order valence-electron chi connectivity index (χ4n) is 3.36. The van der Waals surface area contributed by atoms with E-state index in [0.717, 1.165) is 30.0 Å². The maximum atomic E-state index is 4.84. The van der Waals surface area contributed by atoms with E-state index in [0.29, 0.717) is 12.1 Å². The van der Waals surface area contributed by atoms with Crippen molar-refractivity contribution in [1.29, 1.82) is 0 Å². The molecule has 6 heteroatoms. The highest BCUT2D eigenvalue weighted by Crippen LogP contribution is 2.28. The fraction of sp³-hybridized carbons (Fsp3) is 0.714. The van der Waals surface area contributed by atoms with E-state index in [1.54, 1.807) is 0 Å². The molecular weight excluding hydrogens is 270 g/mol. The van der Waals surface area contributed by atoms with Crippen LogP contribution in [0.5, 0.6) is 0 Å². The third-order valence-electron chi connectivity index (χ3n) is 4.46. The molecule has 4 rings (SSSR count). The molecule has 1 saturated carbocycles. The van der Waals surface area contributed by atoms with Gasteiger partial charge in [-0.15, -0.1) is 0 Å². The van der Waals surface area contributed by atoms with Gasteiger partial charge in [0.1, 0.15) is 0 Å². The van der Waals surface area contributed by atoms with Crippen LogP contribution in [0.15, 0.2) is 11.2 Å². The molecule has 2 aliphatic heterocycles. The smallest absolute Gasteiger partial charge is 0.203 e. The molecule has 108 valence electrons. The second-order valence-electron chi connectivity index (χ2n) is 5.83. The van der Waals surface area contributed by atoms with Gasteiger partial charge in [-0.3, -0.25) is 4.99 Å². The van der Waals surface area contributed by atoms with Crippen LogP contribution in [0.25, 0.3) is 0 Å². The first-order chi connectivity index (χ1) is 9.90. The Labute approximate surface area is 123 Å². The number of hydrogen-bond donors (Lipinski definition) is 2. The van der Waals surface area contributed by atoms with Crippen molar-refractivity contribution in [2.24, 2.45) is 4.99 Å². The maximum absolute atomic E-state index is 4.84. The van der Waals surface area contributed by atoms with Gasteiger partial charge < -0.3 is 15.2 Å². The molecule has 0 bridgehead atoms. The molecule has 1 aromatic rings. The SMILES string of the molecule is c1nc2n(c1CSC1=N[C@@H]3CCCC[C@H]3N1)CCCN2. The molecule has 3 aliphatic rings. The predicted molar refractivity (Wildman–Crippen MR) is 83.2 cm³/mol. The summed E-state index contributed by atoms with van der Waals surface area (Å²) in [6, 6.07) is 1.14. The molecule has 1 fully saturated rings. The Kier molecular flexibility index (Phi) is 3.34. The van der Waals surface area contributed by atoms with Crippen LogP contribution >= 0.6 is 11.8 Å². The number of hydrogen-bond acceptors (Lipinski definition) is 5. The van der Waals surface area contributed by atoms with Crippen LogP contribution in [-0.2, 0) is 12.3 Å². The predicted octanol–water partition coefficient (Wildman–Crippen LogP) is 2.20. The van der Waals surface area contributed by atoms with Gasteiger partial charge in [0.2, 0.25) is 5.95 Å². The van der Waals surface area contributed by atoms with Crippen LogP contribution in [0.4, 0.5) is 5.95 Å². The quantitative estimate of drug-likeness (QED) is 0.877. The average molecular weight is 291 g/mol. The topological polar surface area (TPSA) is 54.2 Å². The monoisotopic (exact) mass is 291 g/mol. The molecule has 0 radical (unpaired) electrons. The van der Waals surface area contributed by atoms with Gasteiger partial charge in [0.05, 0.1) is 18.3 Å². The summed E-state index contributed by atoms with van der Waals surface area (Å²) in [6.45, 7) is 2.13. The minimum Gasteiger partial charge on any atom is -0.360 e. The number of amidine groups is 1. The van der Waals surface area contributed by atoms with E-state index in [4.69, 9.17) is 4.99 Å². The van der Waals surface area contributed by atoms with Crippen molar-refractivity contribution in [2.75, 3.05) is 11.9 Å². The van der Waals surface area contributed by atoms with Gasteiger partial charge in [-0.2, -0.15) is 0 Å². The molecule has 5 nitrogen and oxygen atoms in total. The van der Waals surface area contributed by atoms with E-state index >= 15 is 0 Å². The normalized spacial score (nSPS) is 28.1. The molecule has 1 aliphatic carbocycles. The van der Waals surface area contributed by atoms with Crippen LogP contribution in [-0.4, -0.2) is 33.3 Å². The number of nitrogens with one attached hydrogen (secondary N) is 2. The van der Waals surface area contributed by atoms with Crippen LogP contribution in [0.1, 0.15) is 37.8 Å². The Morgan fingerprint density at radius 1 is 1.30 bits per heavy atom. The zero-order chi connectivity index (χ0) is 13.4. The van der Waals surface area contributed by atoms with Crippen LogP contribution in [0.3, 0.4) is 0 Å². The third-order valence-corrected chi connectivity index (χ3v) is 5.39. The molecule has 2 atom stereocenters. The van der Waals surface area contributed by atoms with Gasteiger partial charge in [0.25, 0.3) is 0 Å². The van der Waals surface area contributed by atoms with E-state index in [-0.39, 0.29) is 0 Å². The second kappa shape index (κ2) is 5.31. The summed E-state index contributed by atoms with van der Waals surface area (Å²) >= 11 is 1.83. The zero-order valence-electron chi connectivity index (χ0n) is 11.6. The lowest BCUT2D eigenvalue weighted by Crippen LogP contribution is -2.36. The molecule has 0 amide bonds.